The number of unbranched alkanes of at least 4 members (excludes halogenated alkanes) is 2. The number of likely N-dealkylation sites (N-methyl/N-ethyl adjacent to an activating group) is 1. The summed E-state index contributed by atoms with van der Waals surface area (Å²) in [4.78, 5) is 201. The molecule has 0 saturated carbocycles. The molecule has 0 bridgehead atoms. The molecule has 1 aromatic heterocycles. The van der Waals surface area contributed by atoms with Gasteiger partial charge in [-0.05, 0) is 126 Å². The molecular formula is C78H118N14O23S3. The minimum Gasteiger partial charge on any atom is -0.508 e. The smallest absolute Gasteiger partial charge is 0.426 e. The van der Waals surface area contributed by atoms with Gasteiger partial charge in [-0.1, -0.05) is 119 Å². The summed E-state index contributed by atoms with van der Waals surface area (Å²) in [6.07, 6.45) is 1.70. The molecule has 16 N–H and O–H groups in total. The molecule has 4 rings (SSSR count). The summed E-state index contributed by atoms with van der Waals surface area (Å²) in [5.41, 5.74) is 6.31. The predicted molar refractivity (Wildman–Crippen MR) is 438 cm³/mol. The van der Waals surface area contributed by atoms with E-state index in [1.165, 1.54) is 46.0 Å². The molecule has 0 radical (unpaired) electrons. The number of phenols is 1. The molecule has 37 nitrogen and oxygen atoms in total. The average molecular weight is 1720 g/mol. The zero-order valence-corrected chi connectivity index (χ0v) is 71.0. The zero-order valence-electron chi connectivity index (χ0n) is 68.5. The van der Waals surface area contributed by atoms with Gasteiger partial charge in [-0.2, -0.15) is 0 Å². The molecular weight excluding hydrogens is 1600 g/mol. The van der Waals surface area contributed by atoms with Crippen LogP contribution in [0.25, 0.3) is 0 Å². The van der Waals surface area contributed by atoms with Crippen molar-refractivity contribution < 1.29 is 112 Å². The maximum Gasteiger partial charge on any atom is 0.426 e. The number of nitrogens with one attached hydrogen (secondary N) is 11. The van der Waals surface area contributed by atoms with Crippen LogP contribution >= 0.6 is 32.9 Å². The number of rotatable bonds is 53. The third-order valence-corrected chi connectivity index (χ3v) is 22.6. The summed E-state index contributed by atoms with van der Waals surface area (Å²) < 4.78 is 17.3. The van der Waals surface area contributed by atoms with E-state index in [0.29, 0.717) is 55.4 Å². The van der Waals surface area contributed by atoms with Gasteiger partial charge in [0, 0.05) is 86.4 Å². The fourth-order valence-corrected chi connectivity index (χ4v) is 15.3. The molecule has 40 heteroatoms. The molecule has 2 heterocycles. The second-order valence-corrected chi connectivity index (χ2v) is 33.1. The van der Waals surface area contributed by atoms with Gasteiger partial charge in [-0.25, -0.2) is 29.6 Å². The Balaban J connectivity index is 1.25. The number of ether oxygens (including phenoxy) is 3. The first kappa shape index (κ1) is 100. The van der Waals surface area contributed by atoms with Crippen LogP contribution < -0.4 is 58.7 Å². The number of carboxylic acid groups (broad SMARTS) is 4. The number of hydrogen-bond acceptors (Lipinski definition) is 24. The lowest BCUT2D eigenvalue weighted by atomic mass is 9.92. The van der Waals surface area contributed by atoms with Crippen LogP contribution in [0.1, 0.15) is 197 Å². The maximum atomic E-state index is 15.0. The Kier molecular flexibility index (Phi) is 45.4. The second-order valence-electron chi connectivity index (χ2n) is 29.5. The van der Waals surface area contributed by atoms with Crippen molar-refractivity contribution in [1.29, 1.82) is 0 Å². The number of carbonyl (C=O) groups is 15. The number of carbonyl (C=O) groups excluding carboxylic acids is 11. The number of esters is 1. The molecule has 1 fully saturated rings. The number of aliphatic carboxylic acids is 4. The summed E-state index contributed by atoms with van der Waals surface area (Å²) in [7, 11) is 4.38. The van der Waals surface area contributed by atoms with E-state index in [1.807, 2.05) is 46.6 Å². The van der Waals surface area contributed by atoms with Crippen molar-refractivity contribution in [3.05, 3.63) is 81.3 Å². The molecule has 2 aromatic carbocycles. The molecule has 12 atom stereocenters. The number of urea groups is 2. The van der Waals surface area contributed by atoms with Gasteiger partial charge in [0.05, 0.1) is 25.3 Å². The standard InChI is InChI=1S/C78H118N14O23S3/c1-11-13-32-113-44-92(74(107)67(46(5)12-2)88-72(106)60-19-15-17-31-91(60)10)61(45(3)4)40-62(115-50(9)93)73-86-59(43-116-73)71(105)83-54(36-51-24-26-55(94)27-25-51)35-47(6)68(102)89-90-78(112)114-33-34-117-118-42-49(8)81-69(103)58(39-66(100)101)85-70(104)57(38-65(98)99)84-63(95)37-52-20-22-53(23-21-52)41-80-76(110)79-30-16-14-18-48(7)82-77(111)87-56(75(108)109)28-29-64(96)97/h20-27,43,45-49,54,56-58,60-62,67,94H,11-19,28-42,44H2,1-10H3,(H,81,103)(H,83,105)(H,84,95)(H,85,104)(H,88,106)(H,89,102)(H,90,112)(H,96,97)(H,98,99)(H,100,101)(H,108,109)(H2,79,80,110)(H2,82,87,111)/t46?,47-,48+,49+,54+,56-,57-,58-,60+,61-,62-,67-/m0/s1. The number of carboxylic acids is 4. The van der Waals surface area contributed by atoms with E-state index in [0.717, 1.165) is 43.6 Å². The number of benzene rings is 2. The van der Waals surface area contributed by atoms with Crippen molar-refractivity contribution in [3.8, 4) is 5.75 Å². The first-order valence-electron chi connectivity index (χ1n) is 39.5. The molecule has 1 aliphatic heterocycles. The number of aromatic hydroxyl groups is 1. The number of hydrogen-bond donors (Lipinski definition) is 16. The van der Waals surface area contributed by atoms with E-state index in [4.69, 9.17) is 19.3 Å². The van der Waals surface area contributed by atoms with Crippen LogP contribution in [0.2, 0.25) is 0 Å². The van der Waals surface area contributed by atoms with Crippen molar-refractivity contribution in [2.24, 2.45) is 17.8 Å². The van der Waals surface area contributed by atoms with Gasteiger partial charge >= 0.3 is 48.0 Å². The monoisotopic (exact) mass is 1710 g/mol. The van der Waals surface area contributed by atoms with Crippen molar-refractivity contribution >= 4 is 122 Å². The first-order valence-corrected chi connectivity index (χ1v) is 42.9. The largest absolute Gasteiger partial charge is 0.508 e. The molecule has 1 aliphatic rings. The van der Waals surface area contributed by atoms with Gasteiger partial charge in [0.15, 0.2) is 6.10 Å². The van der Waals surface area contributed by atoms with Crippen molar-refractivity contribution in [2.75, 3.05) is 51.6 Å². The summed E-state index contributed by atoms with van der Waals surface area (Å²) >= 11 is 1.08. The van der Waals surface area contributed by atoms with Gasteiger partial charge in [-0.15, -0.1) is 11.3 Å². The van der Waals surface area contributed by atoms with Crippen LogP contribution in [0, 0.1) is 17.8 Å². The third-order valence-electron chi connectivity index (χ3n) is 19.1. The Morgan fingerprint density at radius 3 is 1.96 bits per heavy atom. The summed E-state index contributed by atoms with van der Waals surface area (Å²) in [6.45, 7) is 17.2. The summed E-state index contributed by atoms with van der Waals surface area (Å²) in [5, 5.41) is 72.7. The number of thiazole rings is 1. The SMILES string of the molecule is CCCCOCN(C(=O)[C@@H](NC(=O)[C@H]1CCCCN1C)C(C)CC)[C@@H](C[C@H](OC(C)=O)c1nc(C(=O)N[C@@H](Cc2ccc(O)cc2)C[C@H](C)C(=O)NNC(=O)OCCSSC[C@@H](C)NC(=O)[C@H](CC(=O)O)NC(=O)[C@H](CC(=O)O)NC(=O)Cc2ccc(CNC(=O)NCCCC[C@@H](C)NC(=O)N[C@@H](CCC(=O)O)C(=O)O)cc2)cs1)C(C)C. The molecule has 1 unspecified atom stereocenters. The number of aromatic nitrogens is 1. The lowest BCUT2D eigenvalue weighted by molar-refractivity contribution is -0.153. The van der Waals surface area contributed by atoms with Crippen molar-refractivity contribution in [2.45, 2.75) is 238 Å². The minimum absolute atomic E-state index is 0.00564. The average Bonchev–Trinajstić information content (AvgIpc) is 1.34. The normalized spacial score (nSPS) is 15.5. The van der Waals surface area contributed by atoms with E-state index in [9.17, 15) is 87.5 Å². The molecule has 118 heavy (non-hydrogen) atoms. The number of phenolic OH excluding ortho intramolecular Hbond substituents is 1. The molecule has 12 amide bonds. The van der Waals surface area contributed by atoms with E-state index in [1.54, 1.807) is 62.1 Å². The van der Waals surface area contributed by atoms with Gasteiger partial charge < -0.3 is 92.5 Å². The highest BCUT2D eigenvalue weighted by Gasteiger charge is 2.40. The molecule has 0 aliphatic carbocycles. The van der Waals surface area contributed by atoms with Crippen LogP contribution in [-0.2, 0) is 86.3 Å². The fraction of sp³-hybridized carbons (Fsp3) is 0.615. The Morgan fingerprint density at radius 2 is 1.33 bits per heavy atom. The lowest BCUT2D eigenvalue weighted by Gasteiger charge is -2.40. The fourth-order valence-electron chi connectivity index (χ4n) is 12.4. The third kappa shape index (κ3) is 38.6. The lowest BCUT2D eigenvalue weighted by Crippen LogP contribution is -2.59. The van der Waals surface area contributed by atoms with Gasteiger partial charge in [0.1, 0.15) is 54.0 Å². The van der Waals surface area contributed by atoms with E-state index >= 15 is 4.79 Å². The number of likely N-dealkylation sites (tertiary alicyclic amines) is 1. The van der Waals surface area contributed by atoms with Crippen molar-refractivity contribution in [1.82, 2.24) is 73.5 Å². The van der Waals surface area contributed by atoms with Crippen LogP contribution in [0.3, 0.4) is 0 Å². The topological polar surface area (TPSA) is 537 Å². The van der Waals surface area contributed by atoms with Gasteiger partial charge in [-0.3, -0.25) is 63.1 Å². The molecule has 0 spiro atoms. The van der Waals surface area contributed by atoms with Crippen molar-refractivity contribution in [3.63, 3.8) is 0 Å². The minimum atomic E-state index is -1.73. The molecule has 1 saturated heterocycles. The highest BCUT2D eigenvalue weighted by atomic mass is 33.1. The Hall–Kier alpha value is -10.1. The van der Waals surface area contributed by atoms with E-state index in [2.05, 4.69) is 63.7 Å². The zero-order chi connectivity index (χ0) is 87.6. The number of hydrazine groups is 1. The molecule has 3 aromatic rings. The van der Waals surface area contributed by atoms with Gasteiger partial charge in [0.2, 0.25) is 35.4 Å². The van der Waals surface area contributed by atoms with Gasteiger partial charge in [0.25, 0.3) is 5.91 Å². The predicted octanol–water partition coefficient (Wildman–Crippen LogP) is 5.63. The second kappa shape index (κ2) is 53.4. The summed E-state index contributed by atoms with van der Waals surface area (Å²) in [6, 6.07) is 3.01. The first-order chi connectivity index (χ1) is 56.0. The van der Waals surface area contributed by atoms with Crippen LogP contribution in [0.5, 0.6) is 5.75 Å². The molecule has 656 valence electrons. The van der Waals surface area contributed by atoms with E-state index < -0.39 is 151 Å². The van der Waals surface area contributed by atoms with Crippen LogP contribution in [0.15, 0.2) is 53.9 Å². The Bertz CT molecular complexity index is 3790. The van der Waals surface area contributed by atoms with Crippen LogP contribution in [0.4, 0.5) is 14.4 Å². The summed E-state index contributed by atoms with van der Waals surface area (Å²) in [5.74, 6) is -11.7. The highest BCUT2D eigenvalue weighted by molar-refractivity contribution is 8.76. The number of nitrogens with zero attached hydrogens (tertiary/aromatic N) is 3. The quantitative estimate of drug-likeness (QED) is 0.0107. The van der Waals surface area contributed by atoms with E-state index in [-0.39, 0.29) is 122 Å². The van der Waals surface area contributed by atoms with Crippen LogP contribution in [-0.4, -0.2) is 236 Å². The highest BCUT2D eigenvalue weighted by Crippen LogP contribution is 2.33. The maximum absolute atomic E-state index is 15.0. The Morgan fingerprint density at radius 1 is 0.669 bits per heavy atom. The number of piperidine rings is 1. The number of amides is 12. The Labute approximate surface area is 698 Å².